The van der Waals surface area contributed by atoms with Gasteiger partial charge in [-0.05, 0) is 33.4 Å². The Kier molecular flexibility index (Phi) is 12.9. The fourth-order valence-corrected chi connectivity index (χ4v) is 2.78. The Bertz CT molecular complexity index is 518. The quantitative estimate of drug-likeness (QED) is 0.306. The average molecular weight is 480 g/mol. The van der Waals surface area contributed by atoms with E-state index in [1.54, 1.807) is 7.05 Å². The zero-order valence-electron chi connectivity index (χ0n) is 17.3. The van der Waals surface area contributed by atoms with Crippen molar-refractivity contribution in [1.82, 2.24) is 25.3 Å². The predicted molar refractivity (Wildman–Crippen MR) is 119 cm³/mol. The van der Waals surface area contributed by atoms with Crippen molar-refractivity contribution in [3.05, 3.63) is 18.0 Å². The van der Waals surface area contributed by atoms with Crippen molar-refractivity contribution >= 4 is 29.9 Å². The molecule has 152 valence electrons. The molecular weight excluding hydrogens is 443 g/mol. The van der Waals surface area contributed by atoms with Crippen LogP contribution in [0, 0.1) is 5.92 Å². The predicted octanol–water partition coefficient (Wildman–Crippen LogP) is 2.26. The molecule has 1 aromatic heterocycles. The van der Waals surface area contributed by atoms with Gasteiger partial charge in [-0.2, -0.15) is 5.10 Å². The van der Waals surface area contributed by atoms with Crippen LogP contribution in [-0.2, 0) is 11.8 Å². The number of aromatic nitrogens is 2. The molecule has 0 radical (unpaired) electrons. The van der Waals surface area contributed by atoms with Gasteiger partial charge < -0.3 is 20.3 Å². The maximum Gasteiger partial charge on any atom is 0.191 e. The molecule has 1 aromatic rings. The van der Waals surface area contributed by atoms with Crippen LogP contribution in [0.4, 0.5) is 0 Å². The lowest BCUT2D eigenvalue weighted by molar-refractivity contribution is 0.0258. The normalized spacial score (nSPS) is 14.3. The van der Waals surface area contributed by atoms with Crippen molar-refractivity contribution in [2.24, 2.45) is 18.0 Å². The van der Waals surface area contributed by atoms with Gasteiger partial charge in [0.05, 0.1) is 18.3 Å². The standard InChI is InChI=1S/C18H36N6O.HI/c1-8-25-17(14(2)3)9-10-20-18(19-4)21-12-16(23(5)6)15-11-22-24(7)13-15;/h11,13-14,16-17H,8-10,12H2,1-7H3,(H2,19,20,21);1H. The zero-order chi connectivity index (χ0) is 18.8. The highest BCUT2D eigenvalue weighted by Crippen LogP contribution is 2.16. The Labute approximate surface area is 176 Å². The third kappa shape index (κ3) is 8.68. The second kappa shape index (κ2) is 13.3. The fourth-order valence-electron chi connectivity index (χ4n) is 2.78. The molecule has 26 heavy (non-hydrogen) atoms. The summed E-state index contributed by atoms with van der Waals surface area (Å²) in [6, 6.07) is 0.235. The van der Waals surface area contributed by atoms with Gasteiger partial charge >= 0.3 is 0 Å². The zero-order valence-corrected chi connectivity index (χ0v) is 19.7. The molecule has 2 N–H and O–H groups in total. The maximum absolute atomic E-state index is 5.79. The molecule has 0 amide bonds. The molecule has 0 bridgehead atoms. The minimum atomic E-state index is 0. The number of aryl methyl sites for hydroxylation is 1. The lowest BCUT2D eigenvalue weighted by atomic mass is 10.0. The van der Waals surface area contributed by atoms with Gasteiger partial charge in [0, 0.05) is 45.6 Å². The van der Waals surface area contributed by atoms with Crippen molar-refractivity contribution in [1.29, 1.82) is 0 Å². The second-order valence-corrected chi connectivity index (χ2v) is 6.83. The maximum atomic E-state index is 5.79. The van der Waals surface area contributed by atoms with Crippen molar-refractivity contribution < 1.29 is 4.74 Å². The van der Waals surface area contributed by atoms with E-state index in [1.807, 2.05) is 24.9 Å². The van der Waals surface area contributed by atoms with E-state index in [0.717, 1.165) is 32.1 Å². The van der Waals surface area contributed by atoms with Gasteiger partial charge in [0.25, 0.3) is 0 Å². The van der Waals surface area contributed by atoms with Crippen LogP contribution in [0.5, 0.6) is 0 Å². The third-order valence-electron chi connectivity index (χ3n) is 4.27. The summed E-state index contributed by atoms with van der Waals surface area (Å²) in [4.78, 5) is 6.50. The van der Waals surface area contributed by atoms with Gasteiger partial charge in [-0.25, -0.2) is 0 Å². The fraction of sp³-hybridized carbons (Fsp3) is 0.778. The van der Waals surface area contributed by atoms with E-state index >= 15 is 0 Å². The average Bonchev–Trinajstić information content (AvgIpc) is 2.98. The van der Waals surface area contributed by atoms with Gasteiger partial charge in [-0.3, -0.25) is 9.67 Å². The SMILES string of the molecule is CCOC(CCNC(=NC)NCC(c1cnn(C)c1)N(C)C)C(C)C.I. The third-order valence-corrected chi connectivity index (χ3v) is 4.27. The summed E-state index contributed by atoms with van der Waals surface area (Å²) in [6.07, 6.45) is 5.21. The van der Waals surface area contributed by atoms with Crippen LogP contribution in [0.3, 0.4) is 0 Å². The summed E-state index contributed by atoms with van der Waals surface area (Å²) in [5, 5.41) is 11.1. The summed E-state index contributed by atoms with van der Waals surface area (Å²) in [7, 11) is 7.88. The summed E-state index contributed by atoms with van der Waals surface area (Å²) in [6.45, 7) is 8.79. The molecule has 7 nitrogen and oxygen atoms in total. The van der Waals surface area contributed by atoms with Crippen molar-refractivity contribution in [3.8, 4) is 0 Å². The monoisotopic (exact) mass is 480 g/mol. The molecular formula is C18H37IN6O. The molecule has 0 saturated heterocycles. The first-order chi connectivity index (χ1) is 11.9. The van der Waals surface area contributed by atoms with E-state index in [2.05, 4.69) is 59.8 Å². The number of nitrogens with one attached hydrogen (secondary N) is 2. The number of nitrogens with zero attached hydrogens (tertiary/aromatic N) is 4. The minimum absolute atomic E-state index is 0. The lowest BCUT2D eigenvalue weighted by Crippen LogP contribution is -2.42. The molecule has 0 aliphatic rings. The highest BCUT2D eigenvalue weighted by molar-refractivity contribution is 14.0. The highest BCUT2D eigenvalue weighted by Gasteiger charge is 2.17. The molecule has 0 aliphatic heterocycles. The molecule has 0 aromatic carbocycles. The Balaban J connectivity index is 0.00000625. The smallest absolute Gasteiger partial charge is 0.191 e. The van der Waals surface area contributed by atoms with Crippen molar-refractivity contribution in [2.75, 3.05) is 40.8 Å². The summed E-state index contributed by atoms with van der Waals surface area (Å²) >= 11 is 0. The van der Waals surface area contributed by atoms with E-state index in [-0.39, 0.29) is 36.1 Å². The molecule has 2 atom stereocenters. The summed E-state index contributed by atoms with van der Waals surface area (Å²) < 4.78 is 7.62. The molecule has 0 spiro atoms. The molecule has 8 heteroatoms. The van der Waals surface area contributed by atoms with Gasteiger partial charge in [0.15, 0.2) is 5.96 Å². The number of guanidine groups is 1. The van der Waals surface area contributed by atoms with E-state index < -0.39 is 0 Å². The van der Waals surface area contributed by atoms with E-state index in [4.69, 9.17) is 4.74 Å². The number of likely N-dealkylation sites (N-methyl/N-ethyl adjacent to an activating group) is 1. The number of halogens is 1. The van der Waals surface area contributed by atoms with Crippen molar-refractivity contribution in [2.45, 2.75) is 39.3 Å². The first kappa shape index (κ1) is 25.1. The van der Waals surface area contributed by atoms with Crippen LogP contribution in [0.15, 0.2) is 17.4 Å². The Morgan fingerprint density at radius 2 is 2.04 bits per heavy atom. The first-order valence-electron chi connectivity index (χ1n) is 9.10. The van der Waals surface area contributed by atoms with Crippen LogP contribution < -0.4 is 10.6 Å². The second-order valence-electron chi connectivity index (χ2n) is 6.83. The molecule has 0 fully saturated rings. The van der Waals surface area contributed by atoms with Crippen LogP contribution in [-0.4, -0.2) is 67.6 Å². The van der Waals surface area contributed by atoms with Gasteiger partial charge in [0.1, 0.15) is 0 Å². The lowest BCUT2D eigenvalue weighted by Gasteiger charge is -2.25. The molecule has 0 aliphatic carbocycles. The topological polar surface area (TPSA) is 66.7 Å². The van der Waals surface area contributed by atoms with Crippen LogP contribution >= 0.6 is 24.0 Å². The first-order valence-corrected chi connectivity index (χ1v) is 9.10. The van der Waals surface area contributed by atoms with Crippen LogP contribution in [0.1, 0.15) is 38.8 Å². The number of hydrogen-bond donors (Lipinski definition) is 2. The van der Waals surface area contributed by atoms with E-state index in [1.165, 1.54) is 5.56 Å². The van der Waals surface area contributed by atoms with Crippen LogP contribution in [0.2, 0.25) is 0 Å². The Morgan fingerprint density at radius 1 is 1.35 bits per heavy atom. The van der Waals surface area contributed by atoms with Crippen molar-refractivity contribution in [3.63, 3.8) is 0 Å². The molecule has 1 rings (SSSR count). The Morgan fingerprint density at radius 3 is 2.50 bits per heavy atom. The summed E-state index contributed by atoms with van der Waals surface area (Å²) in [5.74, 6) is 1.33. The number of aliphatic imine (C=N–C) groups is 1. The number of rotatable bonds is 10. The summed E-state index contributed by atoms with van der Waals surface area (Å²) in [5.41, 5.74) is 1.19. The molecule has 2 unspecified atom stereocenters. The molecule has 0 saturated carbocycles. The molecule has 1 heterocycles. The van der Waals surface area contributed by atoms with Gasteiger partial charge in [0.2, 0.25) is 0 Å². The van der Waals surface area contributed by atoms with Gasteiger partial charge in [-0.15, -0.1) is 24.0 Å². The van der Waals surface area contributed by atoms with E-state index in [0.29, 0.717) is 5.92 Å². The number of ether oxygens (including phenoxy) is 1. The largest absolute Gasteiger partial charge is 0.378 e. The minimum Gasteiger partial charge on any atom is -0.378 e. The van der Waals surface area contributed by atoms with Gasteiger partial charge in [-0.1, -0.05) is 13.8 Å². The highest BCUT2D eigenvalue weighted by atomic mass is 127. The van der Waals surface area contributed by atoms with E-state index in [9.17, 15) is 0 Å². The van der Waals surface area contributed by atoms with Crippen LogP contribution in [0.25, 0.3) is 0 Å². The Hall–Kier alpha value is -0.870. The number of hydrogen-bond acceptors (Lipinski definition) is 4.